The largest absolute Gasteiger partial charge is 0.328 e. The molecule has 2 rings (SSSR count). The standard InChI is InChI=1S/C9H18N2/c1-6-2-8-4-7(10)5-9(3-6)11-8/h6-9,11H,2-5,10H2,1H3/t6?,7?,8-,9-/m0/s1. The molecule has 2 heterocycles. The van der Waals surface area contributed by atoms with E-state index in [1.165, 1.54) is 25.7 Å². The lowest BCUT2D eigenvalue weighted by atomic mass is 9.79. The minimum absolute atomic E-state index is 0.471. The Morgan fingerprint density at radius 3 is 2.18 bits per heavy atom. The number of hydrogen-bond acceptors (Lipinski definition) is 2. The number of fused-ring (bicyclic) bond motifs is 2. The van der Waals surface area contributed by atoms with Gasteiger partial charge in [0.2, 0.25) is 0 Å². The van der Waals surface area contributed by atoms with Gasteiger partial charge in [-0.2, -0.15) is 0 Å². The van der Waals surface area contributed by atoms with Crippen molar-refractivity contribution in [3.63, 3.8) is 0 Å². The van der Waals surface area contributed by atoms with Crippen LogP contribution in [0.25, 0.3) is 0 Å². The van der Waals surface area contributed by atoms with E-state index in [2.05, 4.69) is 12.2 Å². The highest BCUT2D eigenvalue weighted by molar-refractivity contribution is 4.92. The maximum Gasteiger partial charge on any atom is 0.00869 e. The number of nitrogens with two attached hydrogens (primary N) is 1. The molecule has 0 spiro atoms. The molecule has 0 aliphatic carbocycles. The molecule has 2 aliphatic heterocycles. The van der Waals surface area contributed by atoms with Crippen molar-refractivity contribution >= 4 is 0 Å². The van der Waals surface area contributed by atoms with E-state index in [0.29, 0.717) is 6.04 Å². The lowest BCUT2D eigenvalue weighted by Crippen LogP contribution is -2.54. The molecule has 2 bridgehead atoms. The van der Waals surface area contributed by atoms with Crippen molar-refractivity contribution in [3.05, 3.63) is 0 Å². The van der Waals surface area contributed by atoms with Gasteiger partial charge in [0.1, 0.15) is 0 Å². The van der Waals surface area contributed by atoms with Crippen LogP contribution in [0.15, 0.2) is 0 Å². The number of piperidine rings is 2. The minimum Gasteiger partial charge on any atom is -0.328 e. The predicted molar refractivity (Wildman–Crippen MR) is 46.3 cm³/mol. The minimum atomic E-state index is 0.471. The summed E-state index contributed by atoms with van der Waals surface area (Å²) in [7, 11) is 0. The van der Waals surface area contributed by atoms with Gasteiger partial charge in [0.25, 0.3) is 0 Å². The summed E-state index contributed by atoms with van der Waals surface area (Å²) in [5.74, 6) is 0.916. The van der Waals surface area contributed by atoms with Crippen LogP contribution in [0.2, 0.25) is 0 Å². The summed E-state index contributed by atoms with van der Waals surface area (Å²) in [6.07, 6.45) is 5.07. The molecule has 64 valence electrons. The summed E-state index contributed by atoms with van der Waals surface area (Å²) in [6, 6.07) is 1.93. The molecule has 0 aromatic carbocycles. The third-order valence-corrected chi connectivity index (χ3v) is 3.02. The van der Waals surface area contributed by atoms with Crippen molar-refractivity contribution in [2.45, 2.75) is 50.7 Å². The lowest BCUT2D eigenvalue weighted by molar-refractivity contribution is 0.180. The Labute approximate surface area is 68.5 Å². The second-order valence-electron chi connectivity index (χ2n) is 4.37. The Morgan fingerprint density at radius 2 is 1.64 bits per heavy atom. The van der Waals surface area contributed by atoms with Crippen LogP contribution in [0.5, 0.6) is 0 Å². The van der Waals surface area contributed by atoms with Crippen LogP contribution in [0, 0.1) is 5.92 Å². The van der Waals surface area contributed by atoms with Crippen LogP contribution in [-0.2, 0) is 0 Å². The summed E-state index contributed by atoms with van der Waals surface area (Å²) < 4.78 is 0. The van der Waals surface area contributed by atoms with Gasteiger partial charge in [0.05, 0.1) is 0 Å². The Kier molecular flexibility index (Phi) is 1.90. The van der Waals surface area contributed by atoms with Gasteiger partial charge in [-0.1, -0.05) is 6.92 Å². The van der Waals surface area contributed by atoms with Gasteiger partial charge in [-0.15, -0.1) is 0 Å². The third-order valence-electron chi connectivity index (χ3n) is 3.02. The van der Waals surface area contributed by atoms with Crippen LogP contribution in [0.3, 0.4) is 0 Å². The van der Waals surface area contributed by atoms with Crippen LogP contribution >= 0.6 is 0 Å². The molecule has 0 aromatic rings. The van der Waals surface area contributed by atoms with Crippen molar-refractivity contribution in [1.82, 2.24) is 5.32 Å². The number of rotatable bonds is 0. The average Bonchev–Trinajstić information content (AvgIpc) is 1.82. The fourth-order valence-electron chi connectivity index (χ4n) is 2.69. The SMILES string of the molecule is CC1C[C@H]2CC(N)C[C@H](C1)N2. The highest BCUT2D eigenvalue weighted by Gasteiger charge is 2.32. The van der Waals surface area contributed by atoms with Crippen LogP contribution < -0.4 is 11.1 Å². The molecule has 0 aromatic heterocycles. The quantitative estimate of drug-likeness (QED) is 0.543. The molecular formula is C9H18N2. The molecule has 0 radical (unpaired) electrons. The van der Waals surface area contributed by atoms with Crippen LogP contribution in [0.1, 0.15) is 32.6 Å². The fourth-order valence-corrected chi connectivity index (χ4v) is 2.69. The third kappa shape index (κ3) is 1.57. The van der Waals surface area contributed by atoms with Gasteiger partial charge < -0.3 is 11.1 Å². The van der Waals surface area contributed by atoms with E-state index in [0.717, 1.165) is 18.0 Å². The van der Waals surface area contributed by atoms with E-state index >= 15 is 0 Å². The smallest absolute Gasteiger partial charge is 0.00869 e. The maximum absolute atomic E-state index is 5.93. The van der Waals surface area contributed by atoms with Gasteiger partial charge in [0.15, 0.2) is 0 Å². The van der Waals surface area contributed by atoms with E-state index in [1.54, 1.807) is 0 Å². The molecular weight excluding hydrogens is 136 g/mol. The number of hydrogen-bond donors (Lipinski definition) is 2. The molecule has 2 fully saturated rings. The fraction of sp³-hybridized carbons (Fsp3) is 1.00. The Hall–Kier alpha value is -0.0800. The zero-order chi connectivity index (χ0) is 7.84. The van der Waals surface area contributed by atoms with Crippen molar-refractivity contribution < 1.29 is 0 Å². The van der Waals surface area contributed by atoms with Gasteiger partial charge in [-0.25, -0.2) is 0 Å². The summed E-state index contributed by atoms with van der Waals surface area (Å²) in [5, 5.41) is 3.63. The summed E-state index contributed by atoms with van der Waals surface area (Å²) in [6.45, 7) is 2.36. The van der Waals surface area contributed by atoms with Gasteiger partial charge >= 0.3 is 0 Å². The highest BCUT2D eigenvalue weighted by atomic mass is 15.0. The molecule has 2 aliphatic rings. The topological polar surface area (TPSA) is 38.0 Å². The molecule has 3 N–H and O–H groups in total. The second-order valence-corrected chi connectivity index (χ2v) is 4.37. The van der Waals surface area contributed by atoms with E-state index in [9.17, 15) is 0 Å². The summed E-state index contributed by atoms with van der Waals surface area (Å²) in [4.78, 5) is 0. The molecule has 0 saturated carbocycles. The first-order valence-corrected chi connectivity index (χ1v) is 4.75. The van der Waals surface area contributed by atoms with E-state index < -0.39 is 0 Å². The zero-order valence-corrected chi connectivity index (χ0v) is 7.22. The molecule has 2 atom stereocenters. The van der Waals surface area contributed by atoms with Gasteiger partial charge in [-0.3, -0.25) is 0 Å². The van der Waals surface area contributed by atoms with E-state index in [1.807, 2.05) is 0 Å². The van der Waals surface area contributed by atoms with E-state index in [4.69, 9.17) is 5.73 Å². The molecule has 2 saturated heterocycles. The predicted octanol–water partition coefficient (Wildman–Crippen LogP) is 0.864. The van der Waals surface area contributed by atoms with Crippen molar-refractivity contribution in [3.8, 4) is 0 Å². The van der Waals surface area contributed by atoms with Crippen molar-refractivity contribution in [2.24, 2.45) is 11.7 Å². The van der Waals surface area contributed by atoms with Crippen LogP contribution in [-0.4, -0.2) is 18.1 Å². The monoisotopic (exact) mass is 154 g/mol. The molecule has 0 unspecified atom stereocenters. The van der Waals surface area contributed by atoms with Crippen molar-refractivity contribution in [2.75, 3.05) is 0 Å². The Balaban J connectivity index is 2.00. The molecule has 0 amide bonds. The molecule has 2 heteroatoms. The second kappa shape index (κ2) is 2.76. The first kappa shape index (κ1) is 7.56. The van der Waals surface area contributed by atoms with Crippen molar-refractivity contribution in [1.29, 1.82) is 0 Å². The highest BCUT2D eigenvalue weighted by Crippen LogP contribution is 2.28. The summed E-state index contributed by atoms with van der Waals surface area (Å²) in [5.41, 5.74) is 5.93. The number of nitrogens with one attached hydrogen (secondary N) is 1. The summed E-state index contributed by atoms with van der Waals surface area (Å²) >= 11 is 0. The first-order valence-electron chi connectivity index (χ1n) is 4.75. The van der Waals surface area contributed by atoms with Gasteiger partial charge in [0, 0.05) is 18.1 Å². The maximum atomic E-state index is 5.93. The molecule has 11 heavy (non-hydrogen) atoms. The van der Waals surface area contributed by atoms with Crippen LogP contribution in [0.4, 0.5) is 0 Å². The van der Waals surface area contributed by atoms with Gasteiger partial charge in [-0.05, 0) is 31.6 Å². The molecule has 2 nitrogen and oxygen atoms in total. The lowest BCUT2D eigenvalue weighted by Gasteiger charge is -2.41. The first-order chi connectivity index (χ1) is 5.24. The Morgan fingerprint density at radius 1 is 1.09 bits per heavy atom. The Bertz CT molecular complexity index is 113. The van der Waals surface area contributed by atoms with E-state index in [-0.39, 0.29) is 0 Å². The average molecular weight is 154 g/mol. The normalized spacial score (nSPS) is 50.7. The zero-order valence-electron chi connectivity index (χ0n) is 7.22.